The van der Waals surface area contributed by atoms with Gasteiger partial charge in [0.25, 0.3) is 0 Å². The van der Waals surface area contributed by atoms with Gasteiger partial charge in [-0.15, -0.1) is 0 Å². The van der Waals surface area contributed by atoms with Crippen molar-refractivity contribution in [2.45, 2.75) is 44.0 Å². The number of rotatable bonds is 5. The van der Waals surface area contributed by atoms with Gasteiger partial charge in [0.1, 0.15) is 0 Å². The molecular weight excluding hydrogens is 352 g/mol. The fraction of sp³-hybridized carbons (Fsp3) is 0.455. The van der Waals surface area contributed by atoms with Crippen LogP contribution >= 0.6 is 0 Å². The molecule has 2 aliphatic rings. The van der Waals surface area contributed by atoms with Crippen LogP contribution < -0.4 is 10.6 Å². The van der Waals surface area contributed by atoms with E-state index in [4.69, 9.17) is 4.74 Å². The maximum atomic E-state index is 12.5. The molecule has 1 aromatic heterocycles. The quantitative estimate of drug-likeness (QED) is 0.837. The first-order chi connectivity index (χ1) is 13.8. The van der Waals surface area contributed by atoms with E-state index in [0.717, 1.165) is 44.5 Å². The number of pyridine rings is 1. The molecular formula is C22H28N4O2. The molecule has 148 valence electrons. The van der Waals surface area contributed by atoms with Crippen LogP contribution in [0.2, 0.25) is 0 Å². The zero-order chi connectivity index (χ0) is 19.2. The van der Waals surface area contributed by atoms with E-state index in [0.29, 0.717) is 6.61 Å². The Hall–Kier alpha value is -2.44. The number of hydrogen-bond donors (Lipinski definition) is 2. The predicted molar refractivity (Wildman–Crippen MR) is 108 cm³/mol. The number of likely N-dealkylation sites (tertiary alicyclic amines) is 1. The lowest BCUT2D eigenvalue weighted by molar-refractivity contribution is 0.00203. The van der Waals surface area contributed by atoms with Gasteiger partial charge in [0.2, 0.25) is 0 Å². The first-order valence-electron chi connectivity index (χ1n) is 10.1. The SMILES string of the molecule is O=C(NC1CCOC(c2cccnc2)C1)NC1CCN(Cc2ccccc2)C1. The molecule has 6 heteroatoms. The van der Waals surface area contributed by atoms with Gasteiger partial charge in [-0.25, -0.2) is 4.79 Å². The summed E-state index contributed by atoms with van der Waals surface area (Å²) in [6, 6.07) is 14.7. The number of benzene rings is 1. The normalized spacial score (nSPS) is 25.4. The van der Waals surface area contributed by atoms with E-state index < -0.39 is 0 Å². The van der Waals surface area contributed by atoms with Gasteiger partial charge in [-0.3, -0.25) is 9.88 Å². The molecule has 2 N–H and O–H groups in total. The van der Waals surface area contributed by atoms with Gasteiger partial charge in [0, 0.05) is 50.7 Å². The molecule has 3 unspecified atom stereocenters. The second kappa shape index (κ2) is 9.17. The number of aromatic nitrogens is 1. The molecule has 0 spiro atoms. The molecule has 2 aliphatic heterocycles. The molecule has 4 rings (SSSR count). The van der Waals surface area contributed by atoms with Crippen LogP contribution in [0.3, 0.4) is 0 Å². The standard InChI is InChI=1S/C22H28N4O2/c27-22(24-19-9-12-28-21(13-19)18-7-4-10-23-14-18)25-20-8-11-26(16-20)15-17-5-2-1-3-6-17/h1-7,10,14,19-21H,8-9,11-13,15-16H2,(H2,24,25,27). The maximum Gasteiger partial charge on any atom is 0.315 e. The fourth-order valence-corrected chi connectivity index (χ4v) is 4.07. The van der Waals surface area contributed by atoms with Gasteiger partial charge in [-0.2, -0.15) is 0 Å². The summed E-state index contributed by atoms with van der Waals surface area (Å²) >= 11 is 0. The van der Waals surface area contributed by atoms with Crippen LogP contribution in [0.15, 0.2) is 54.9 Å². The molecule has 3 atom stereocenters. The molecule has 0 saturated carbocycles. The Balaban J connectivity index is 1.22. The van der Waals surface area contributed by atoms with Crippen molar-refractivity contribution in [1.82, 2.24) is 20.5 Å². The highest BCUT2D eigenvalue weighted by atomic mass is 16.5. The van der Waals surface area contributed by atoms with Crippen molar-refractivity contribution in [3.05, 3.63) is 66.0 Å². The van der Waals surface area contributed by atoms with Crippen molar-refractivity contribution < 1.29 is 9.53 Å². The second-order valence-electron chi connectivity index (χ2n) is 7.69. The van der Waals surface area contributed by atoms with Gasteiger partial charge in [-0.1, -0.05) is 36.4 Å². The molecule has 28 heavy (non-hydrogen) atoms. The van der Waals surface area contributed by atoms with E-state index in [9.17, 15) is 4.79 Å². The van der Waals surface area contributed by atoms with Crippen molar-refractivity contribution >= 4 is 6.03 Å². The lowest BCUT2D eigenvalue weighted by Gasteiger charge is -2.30. The zero-order valence-corrected chi connectivity index (χ0v) is 16.1. The highest BCUT2D eigenvalue weighted by Crippen LogP contribution is 2.27. The van der Waals surface area contributed by atoms with Gasteiger partial charge >= 0.3 is 6.03 Å². The molecule has 3 heterocycles. The Labute approximate surface area is 166 Å². The van der Waals surface area contributed by atoms with Crippen LogP contribution in [-0.4, -0.2) is 47.7 Å². The number of ether oxygens (including phenoxy) is 1. The first-order valence-corrected chi connectivity index (χ1v) is 10.1. The third-order valence-corrected chi connectivity index (χ3v) is 5.53. The summed E-state index contributed by atoms with van der Waals surface area (Å²) in [4.78, 5) is 19.0. The lowest BCUT2D eigenvalue weighted by atomic mass is 9.99. The molecule has 1 aromatic carbocycles. The number of hydrogen-bond acceptors (Lipinski definition) is 4. The van der Waals surface area contributed by atoms with Gasteiger partial charge in [0.05, 0.1) is 6.10 Å². The molecule has 2 amide bonds. The number of urea groups is 1. The summed E-state index contributed by atoms with van der Waals surface area (Å²) in [5.41, 5.74) is 2.39. The van der Waals surface area contributed by atoms with Crippen molar-refractivity contribution in [3.8, 4) is 0 Å². The minimum atomic E-state index is -0.0663. The summed E-state index contributed by atoms with van der Waals surface area (Å²) < 4.78 is 5.86. The summed E-state index contributed by atoms with van der Waals surface area (Å²) in [5.74, 6) is 0. The summed E-state index contributed by atoms with van der Waals surface area (Å²) in [5, 5.41) is 6.29. The number of carbonyl (C=O) groups excluding carboxylic acids is 1. The third-order valence-electron chi connectivity index (χ3n) is 5.53. The predicted octanol–water partition coefficient (Wildman–Crippen LogP) is 2.88. The van der Waals surface area contributed by atoms with Gasteiger partial charge in [-0.05, 0) is 36.5 Å². The van der Waals surface area contributed by atoms with E-state index in [1.165, 1.54) is 5.56 Å². The second-order valence-corrected chi connectivity index (χ2v) is 7.69. The Kier molecular flexibility index (Phi) is 6.19. The molecule has 2 aromatic rings. The number of nitrogens with zero attached hydrogens (tertiary/aromatic N) is 2. The average Bonchev–Trinajstić information content (AvgIpc) is 3.16. The topological polar surface area (TPSA) is 66.5 Å². The van der Waals surface area contributed by atoms with Crippen LogP contribution in [-0.2, 0) is 11.3 Å². The number of amides is 2. The van der Waals surface area contributed by atoms with Gasteiger partial charge in [0.15, 0.2) is 0 Å². The number of nitrogens with one attached hydrogen (secondary N) is 2. The first kappa shape index (κ1) is 18.9. The van der Waals surface area contributed by atoms with E-state index in [1.807, 2.05) is 24.4 Å². The van der Waals surface area contributed by atoms with Crippen LogP contribution in [0.25, 0.3) is 0 Å². The average molecular weight is 380 g/mol. The van der Waals surface area contributed by atoms with Gasteiger partial charge < -0.3 is 15.4 Å². The smallest absolute Gasteiger partial charge is 0.315 e. The Morgan fingerprint density at radius 1 is 1.11 bits per heavy atom. The van der Waals surface area contributed by atoms with Crippen LogP contribution in [0.1, 0.15) is 36.5 Å². The highest BCUT2D eigenvalue weighted by molar-refractivity contribution is 5.74. The summed E-state index contributed by atoms with van der Waals surface area (Å²) in [6.07, 6.45) is 6.22. The monoisotopic (exact) mass is 380 g/mol. The molecule has 6 nitrogen and oxygen atoms in total. The Morgan fingerprint density at radius 3 is 2.79 bits per heavy atom. The van der Waals surface area contributed by atoms with E-state index in [-0.39, 0.29) is 24.2 Å². The van der Waals surface area contributed by atoms with Crippen molar-refractivity contribution in [2.24, 2.45) is 0 Å². The minimum Gasteiger partial charge on any atom is -0.373 e. The van der Waals surface area contributed by atoms with Crippen LogP contribution in [0.4, 0.5) is 4.79 Å². The molecule has 0 bridgehead atoms. The molecule has 2 fully saturated rings. The van der Waals surface area contributed by atoms with Crippen molar-refractivity contribution in [2.75, 3.05) is 19.7 Å². The zero-order valence-electron chi connectivity index (χ0n) is 16.1. The minimum absolute atomic E-state index is 0.000550. The van der Waals surface area contributed by atoms with E-state index in [2.05, 4.69) is 44.8 Å². The van der Waals surface area contributed by atoms with Crippen LogP contribution in [0.5, 0.6) is 0 Å². The third kappa shape index (κ3) is 5.09. The highest BCUT2D eigenvalue weighted by Gasteiger charge is 2.27. The lowest BCUT2D eigenvalue weighted by Crippen LogP contribution is -2.48. The summed E-state index contributed by atoms with van der Waals surface area (Å²) in [6.45, 7) is 3.50. The maximum absolute atomic E-state index is 12.5. The van der Waals surface area contributed by atoms with Crippen molar-refractivity contribution in [3.63, 3.8) is 0 Å². The Morgan fingerprint density at radius 2 is 1.96 bits per heavy atom. The van der Waals surface area contributed by atoms with Crippen LogP contribution in [0, 0.1) is 0 Å². The van der Waals surface area contributed by atoms with E-state index >= 15 is 0 Å². The van der Waals surface area contributed by atoms with E-state index in [1.54, 1.807) is 6.20 Å². The van der Waals surface area contributed by atoms with Crippen molar-refractivity contribution in [1.29, 1.82) is 0 Å². The Bertz CT molecular complexity index is 756. The molecule has 0 aliphatic carbocycles. The fourth-order valence-electron chi connectivity index (χ4n) is 4.07. The molecule has 2 saturated heterocycles. The largest absolute Gasteiger partial charge is 0.373 e. The number of carbonyl (C=O) groups is 1. The molecule has 0 radical (unpaired) electrons. The summed E-state index contributed by atoms with van der Waals surface area (Å²) in [7, 11) is 0.